The molecule has 6 heteroatoms. The van der Waals surface area contributed by atoms with Crippen molar-refractivity contribution in [2.24, 2.45) is 0 Å². The Morgan fingerprint density at radius 2 is 1.80 bits per heavy atom. The maximum Gasteiger partial charge on any atom is 0.274 e. The monoisotopic (exact) mass is 338 g/mol. The van der Waals surface area contributed by atoms with Crippen molar-refractivity contribution in [3.05, 3.63) is 53.9 Å². The number of nitrogens with zero attached hydrogens (tertiary/aromatic N) is 3. The zero-order valence-electron chi connectivity index (χ0n) is 14.5. The SMILES string of the molecule is CC(=O)N1CCN(c2ccccc2NC(=O)c2cc(C)ccn2)CC1. The molecule has 1 saturated heterocycles. The number of carbonyl (C=O) groups excluding carboxylic acids is 2. The first-order chi connectivity index (χ1) is 12.0. The van der Waals surface area contributed by atoms with Crippen LogP contribution in [0.15, 0.2) is 42.6 Å². The number of para-hydroxylation sites is 2. The lowest BCUT2D eigenvalue weighted by atomic mass is 10.2. The lowest BCUT2D eigenvalue weighted by Crippen LogP contribution is -2.48. The molecule has 2 heterocycles. The molecule has 1 aliphatic heterocycles. The summed E-state index contributed by atoms with van der Waals surface area (Å²) in [6.45, 7) is 6.40. The van der Waals surface area contributed by atoms with Crippen LogP contribution in [0, 0.1) is 6.92 Å². The Morgan fingerprint density at radius 1 is 1.08 bits per heavy atom. The van der Waals surface area contributed by atoms with E-state index in [0.717, 1.165) is 30.0 Å². The predicted molar refractivity (Wildman–Crippen MR) is 97.8 cm³/mol. The van der Waals surface area contributed by atoms with Gasteiger partial charge in [-0.25, -0.2) is 0 Å². The molecule has 1 fully saturated rings. The number of pyridine rings is 1. The van der Waals surface area contributed by atoms with Gasteiger partial charge in [0, 0.05) is 39.3 Å². The number of rotatable bonds is 3. The molecule has 0 spiro atoms. The van der Waals surface area contributed by atoms with Crippen LogP contribution in [0.1, 0.15) is 23.0 Å². The highest BCUT2D eigenvalue weighted by molar-refractivity contribution is 6.04. The van der Waals surface area contributed by atoms with Gasteiger partial charge in [-0.15, -0.1) is 0 Å². The van der Waals surface area contributed by atoms with Crippen molar-refractivity contribution in [1.29, 1.82) is 0 Å². The smallest absolute Gasteiger partial charge is 0.274 e. The van der Waals surface area contributed by atoms with E-state index in [1.165, 1.54) is 0 Å². The fraction of sp³-hybridized carbons (Fsp3) is 0.316. The zero-order valence-corrected chi connectivity index (χ0v) is 14.5. The van der Waals surface area contributed by atoms with Crippen LogP contribution >= 0.6 is 0 Å². The van der Waals surface area contributed by atoms with Crippen molar-refractivity contribution in [3.63, 3.8) is 0 Å². The van der Waals surface area contributed by atoms with Gasteiger partial charge in [-0.3, -0.25) is 14.6 Å². The quantitative estimate of drug-likeness (QED) is 0.933. The van der Waals surface area contributed by atoms with E-state index in [4.69, 9.17) is 0 Å². The lowest BCUT2D eigenvalue weighted by molar-refractivity contribution is -0.129. The number of carbonyl (C=O) groups is 2. The maximum absolute atomic E-state index is 12.5. The second-order valence-corrected chi connectivity index (χ2v) is 6.18. The topological polar surface area (TPSA) is 65.5 Å². The van der Waals surface area contributed by atoms with Gasteiger partial charge in [-0.2, -0.15) is 0 Å². The van der Waals surface area contributed by atoms with Crippen LogP contribution in [0.5, 0.6) is 0 Å². The van der Waals surface area contributed by atoms with E-state index in [2.05, 4.69) is 15.2 Å². The number of piperazine rings is 1. The molecule has 2 aromatic rings. The summed E-state index contributed by atoms with van der Waals surface area (Å²) in [5.41, 5.74) is 3.11. The fourth-order valence-electron chi connectivity index (χ4n) is 2.96. The van der Waals surface area contributed by atoms with Crippen molar-refractivity contribution in [3.8, 4) is 0 Å². The van der Waals surface area contributed by atoms with Crippen LogP contribution < -0.4 is 10.2 Å². The van der Waals surface area contributed by atoms with E-state index in [1.54, 1.807) is 19.2 Å². The molecule has 25 heavy (non-hydrogen) atoms. The molecular formula is C19H22N4O2. The molecule has 6 nitrogen and oxygen atoms in total. The minimum Gasteiger partial charge on any atom is -0.366 e. The van der Waals surface area contributed by atoms with Gasteiger partial charge in [0.25, 0.3) is 5.91 Å². The first kappa shape index (κ1) is 17.0. The molecule has 0 unspecified atom stereocenters. The molecule has 0 saturated carbocycles. The molecule has 1 N–H and O–H groups in total. The second-order valence-electron chi connectivity index (χ2n) is 6.18. The highest BCUT2D eigenvalue weighted by Crippen LogP contribution is 2.27. The van der Waals surface area contributed by atoms with E-state index >= 15 is 0 Å². The molecule has 3 rings (SSSR count). The van der Waals surface area contributed by atoms with Crippen molar-refractivity contribution in [1.82, 2.24) is 9.88 Å². The Labute approximate surface area is 147 Å². The third-order valence-corrected chi connectivity index (χ3v) is 4.37. The molecule has 0 atom stereocenters. The summed E-state index contributed by atoms with van der Waals surface area (Å²) in [5, 5.41) is 2.96. The average Bonchev–Trinajstić information content (AvgIpc) is 2.62. The van der Waals surface area contributed by atoms with Crippen molar-refractivity contribution in [2.45, 2.75) is 13.8 Å². The van der Waals surface area contributed by atoms with Gasteiger partial charge in [0.2, 0.25) is 5.91 Å². The highest BCUT2D eigenvalue weighted by Gasteiger charge is 2.21. The summed E-state index contributed by atoms with van der Waals surface area (Å²) < 4.78 is 0. The van der Waals surface area contributed by atoms with Crippen LogP contribution in [0.25, 0.3) is 0 Å². The summed E-state index contributed by atoms with van der Waals surface area (Å²) >= 11 is 0. The first-order valence-electron chi connectivity index (χ1n) is 8.38. The van der Waals surface area contributed by atoms with Gasteiger partial charge >= 0.3 is 0 Å². The molecule has 0 aliphatic carbocycles. The first-order valence-corrected chi connectivity index (χ1v) is 8.38. The average molecular weight is 338 g/mol. The van der Waals surface area contributed by atoms with Gasteiger partial charge in [-0.05, 0) is 36.8 Å². The van der Waals surface area contributed by atoms with Crippen LogP contribution in [-0.2, 0) is 4.79 Å². The third-order valence-electron chi connectivity index (χ3n) is 4.37. The minimum atomic E-state index is -0.224. The Morgan fingerprint density at radius 3 is 2.48 bits per heavy atom. The van der Waals surface area contributed by atoms with E-state index in [9.17, 15) is 9.59 Å². The van der Waals surface area contributed by atoms with E-state index in [-0.39, 0.29) is 11.8 Å². The van der Waals surface area contributed by atoms with Gasteiger partial charge in [-0.1, -0.05) is 12.1 Å². The Kier molecular flexibility index (Phi) is 4.97. The van der Waals surface area contributed by atoms with Crippen LogP contribution in [0.4, 0.5) is 11.4 Å². The maximum atomic E-state index is 12.5. The molecule has 0 radical (unpaired) electrons. The van der Waals surface area contributed by atoms with Crippen molar-refractivity contribution in [2.75, 3.05) is 36.4 Å². The van der Waals surface area contributed by atoms with Gasteiger partial charge < -0.3 is 15.1 Å². The molecular weight excluding hydrogens is 316 g/mol. The summed E-state index contributed by atoms with van der Waals surface area (Å²) in [6.07, 6.45) is 1.64. The number of amides is 2. The standard InChI is InChI=1S/C19H22N4O2/c1-14-7-8-20-17(13-14)19(25)21-16-5-3-4-6-18(16)23-11-9-22(10-12-23)15(2)24/h3-8,13H,9-12H2,1-2H3,(H,21,25). The van der Waals surface area contributed by atoms with Crippen LogP contribution in [-0.4, -0.2) is 47.9 Å². The number of aryl methyl sites for hydroxylation is 1. The molecule has 2 amide bonds. The molecule has 1 aromatic carbocycles. The van der Waals surface area contributed by atoms with Gasteiger partial charge in [0.15, 0.2) is 0 Å². The Bertz CT molecular complexity index is 782. The third kappa shape index (κ3) is 3.96. The summed E-state index contributed by atoms with van der Waals surface area (Å²) in [5.74, 6) is -0.120. The van der Waals surface area contributed by atoms with Gasteiger partial charge in [0.05, 0.1) is 11.4 Å². The minimum absolute atomic E-state index is 0.103. The van der Waals surface area contributed by atoms with E-state index in [1.807, 2.05) is 42.2 Å². The number of hydrogen-bond acceptors (Lipinski definition) is 4. The highest BCUT2D eigenvalue weighted by atomic mass is 16.2. The normalized spacial score (nSPS) is 14.3. The van der Waals surface area contributed by atoms with Gasteiger partial charge in [0.1, 0.15) is 5.69 Å². The largest absolute Gasteiger partial charge is 0.366 e. The van der Waals surface area contributed by atoms with Crippen molar-refractivity contribution >= 4 is 23.2 Å². The predicted octanol–water partition coefficient (Wildman–Crippen LogP) is 2.31. The molecule has 1 aliphatic rings. The Balaban J connectivity index is 1.75. The molecule has 0 bridgehead atoms. The van der Waals surface area contributed by atoms with Crippen LogP contribution in [0.2, 0.25) is 0 Å². The molecule has 1 aromatic heterocycles. The summed E-state index contributed by atoms with van der Waals surface area (Å²) in [7, 11) is 0. The van der Waals surface area contributed by atoms with E-state index < -0.39 is 0 Å². The Hall–Kier alpha value is -2.89. The van der Waals surface area contributed by atoms with Crippen molar-refractivity contribution < 1.29 is 9.59 Å². The zero-order chi connectivity index (χ0) is 17.8. The number of hydrogen-bond donors (Lipinski definition) is 1. The fourth-order valence-corrected chi connectivity index (χ4v) is 2.96. The lowest BCUT2D eigenvalue weighted by Gasteiger charge is -2.36. The summed E-state index contributed by atoms with van der Waals surface area (Å²) in [4.78, 5) is 32.2. The number of benzene rings is 1. The van der Waals surface area contributed by atoms with E-state index in [0.29, 0.717) is 18.8 Å². The summed E-state index contributed by atoms with van der Waals surface area (Å²) in [6, 6.07) is 11.4. The number of anilines is 2. The number of nitrogens with one attached hydrogen (secondary N) is 1. The number of aromatic nitrogens is 1. The molecule has 130 valence electrons. The van der Waals surface area contributed by atoms with Crippen LogP contribution in [0.3, 0.4) is 0 Å². The second kappa shape index (κ2) is 7.34.